The molecular weight excluding hydrogens is 256 g/mol. The average Bonchev–Trinajstić information content (AvgIpc) is 2.20. The van der Waals surface area contributed by atoms with Crippen LogP contribution in [0.15, 0.2) is 24.3 Å². The predicted molar refractivity (Wildman–Crippen MR) is 69.9 cm³/mol. The third kappa shape index (κ3) is 4.84. The molecule has 1 rings (SSSR count). The van der Waals surface area contributed by atoms with Crippen molar-refractivity contribution in [3.63, 3.8) is 0 Å². The molecule has 0 heterocycles. The van der Waals surface area contributed by atoms with Crippen LogP contribution in [-0.2, 0) is 5.75 Å². The van der Waals surface area contributed by atoms with Crippen molar-refractivity contribution in [1.29, 1.82) is 0 Å². The first-order chi connectivity index (χ1) is 6.84. The second-order valence-corrected chi connectivity index (χ2v) is 7.23. The van der Waals surface area contributed by atoms with E-state index in [4.69, 9.17) is 16.7 Å². The highest BCUT2D eigenvalue weighted by molar-refractivity contribution is 9.09. The smallest absolute Gasteiger partial charge is 0.0530 e. The summed E-state index contributed by atoms with van der Waals surface area (Å²) < 4.78 is 0. The van der Waals surface area contributed by atoms with Crippen molar-refractivity contribution in [2.24, 2.45) is 0 Å². The van der Waals surface area contributed by atoms with Gasteiger partial charge in [-0.2, -0.15) is 0 Å². The van der Waals surface area contributed by atoms with Crippen LogP contribution < -0.4 is 0 Å². The van der Waals surface area contributed by atoms with Crippen LogP contribution in [0.25, 0.3) is 0 Å². The van der Waals surface area contributed by atoms with Crippen molar-refractivity contribution in [3.8, 4) is 0 Å². The summed E-state index contributed by atoms with van der Waals surface area (Å²) in [5.41, 5.74) is 1.16. The second kappa shape index (κ2) is 7.77. The third-order valence-electron chi connectivity index (χ3n) is 1.44. The van der Waals surface area contributed by atoms with Gasteiger partial charge in [-0.25, -0.2) is 0 Å². The molecule has 0 saturated heterocycles. The second-order valence-electron chi connectivity index (χ2n) is 2.47. The van der Waals surface area contributed by atoms with Crippen LogP contribution in [0.5, 0.6) is 0 Å². The lowest BCUT2D eigenvalue weighted by Crippen LogP contribution is -1.81. The van der Waals surface area contributed by atoms with E-state index < -0.39 is 0 Å². The monoisotopic (exact) mass is 266 g/mol. The SMILES string of the molecule is OCCSSSCc1ccccc1Cl. The molecule has 0 spiro atoms. The van der Waals surface area contributed by atoms with Gasteiger partial charge in [-0.05, 0) is 21.5 Å². The first-order valence-electron chi connectivity index (χ1n) is 4.10. The van der Waals surface area contributed by atoms with Gasteiger partial charge in [-0.3, -0.25) is 0 Å². The third-order valence-corrected chi connectivity index (χ3v) is 5.95. The summed E-state index contributed by atoms with van der Waals surface area (Å²) in [6.45, 7) is 0.240. The van der Waals surface area contributed by atoms with Crippen molar-refractivity contribution in [2.45, 2.75) is 5.75 Å². The summed E-state index contributed by atoms with van der Waals surface area (Å²) in [6, 6.07) is 7.87. The van der Waals surface area contributed by atoms with E-state index in [1.165, 1.54) is 0 Å². The van der Waals surface area contributed by atoms with E-state index in [1.54, 1.807) is 31.4 Å². The van der Waals surface area contributed by atoms with E-state index >= 15 is 0 Å². The molecule has 1 aromatic carbocycles. The Kier molecular flexibility index (Phi) is 6.98. The summed E-state index contributed by atoms with van der Waals surface area (Å²) >= 11 is 5.99. The summed E-state index contributed by atoms with van der Waals surface area (Å²) in [5.74, 6) is 1.68. The number of rotatable bonds is 6. The number of aliphatic hydroxyl groups excluding tert-OH is 1. The Morgan fingerprint density at radius 1 is 1.21 bits per heavy atom. The molecule has 0 saturated carbocycles. The molecule has 0 radical (unpaired) electrons. The van der Waals surface area contributed by atoms with Gasteiger partial charge >= 0.3 is 0 Å². The lowest BCUT2D eigenvalue weighted by molar-refractivity contribution is 0.323. The molecule has 14 heavy (non-hydrogen) atoms. The fourth-order valence-electron chi connectivity index (χ4n) is 0.808. The largest absolute Gasteiger partial charge is 0.395 e. The Labute approximate surface area is 101 Å². The Hall–Kier alpha value is 0.520. The average molecular weight is 267 g/mol. The lowest BCUT2D eigenvalue weighted by Gasteiger charge is -2.02. The van der Waals surface area contributed by atoms with Crippen LogP contribution in [0.2, 0.25) is 5.02 Å². The van der Waals surface area contributed by atoms with Crippen molar-refractivity contribution in [2.75, 3.05) is 12.4 Å². The van der Waals surface area contributed by atoms with Gasteiger partial charge < -0.3 is 5.11 Å². The lowest BCUT2D eigenvalue weighted by atomic mass is 10.2. The van der Waals surface area contributed by atoms with Gasteiger partial charge in [0, 0.05) is 16.5 Å². The van der Waals surface area contributed by atoms with Crippen LogP contribution in [0.3, 0.4) is 0 Å². The molecular formula is C9H11ClOS3. The molecule has 0 aliphatic carbocycles. The van der Waals surface area contributed by atoms with Crippen molar-refractivity contribution >= 4 is 43.0 Å². The number of benzene rings is 1. The number of hydrogen-bond donors (Lipinski definition) is 1. The van der Waals surface area contributed by atoms with Gasteiger partial charge in [0.1, 0.15) is 0 Å². The maximum absolute atomic E-state index is 8.56. The first kappa shape index (κ1) is 12.6. The summed E-state index contributed by atoms with van der Waals surface area (Å²) in [7, 11) is 5.11. The molecule has 1 N–H and O–H groups in total. The normalized spacial score (nSPS) is 10.4. The fourth-order valence-corrected chi connectivity index (χ4v) is 4.54. The molecule has 0 aromatic heterocycles. The summed E-state index contributed by atoms with van der Waals surface area (Å²) in [5, 5.41) is 9.39. The quantitative estimate of drug-likeness (QED) is 0.623. The minimum atomic E-state index is 0.240. The minimum Gasteiger partial charge on any atom is -0.395 e. The summed E-state index contributed by atoms with van der Waals surface area (Å²) in [6.07, 6.45) is 0. The van der Waals surface area contributed by atoms with Crippen LogP contribution in [-0.4, -0.2) is 17.5 Å². The number of aliphatic hydroxyl groups is 1. The van der Waals surface area contributed by atoms with Gasteiger partial charge in [0.25, 0.3) is 0 Å². The summed E-state index contributed by atoms with van der Waals surface area (Å²) in [4.78, 5) is 0. The van der Waals surface area contributed by atoms with E-state index in [9.17, 15) is 0 Å². The zero-order chi connectivity index (χ0) is 10.2. The van der Waals surface area contributed by atoms with E-state index in [0.717, 1.165) is 22.1 Å². The van der Waals surface area contributed by atoms with Crippen LogP contribution in [0.1, 0.15) is 5.56 Å². The molecule has 0 atom stereocenters. The molecule has 0 amide bonds. The highest BCUT2D eigenvalue weighted by Gasteiger charge is 1.99. The highest BCUT2D eigenvalue weighted by Crippen LogP contribution is 2.37. The van der Waals surface area contributed by atoms with E-state index in [0.29, 0.717) is 0 Å². The molecule has 1 nitrogen and oxygen atoms in total. The molecule has 1 aromatic rings. The molecule has 0 aliphatic heterocycles. The van der Waals surface area contributed by atoms with Gasteiger partial charge in [-0.15, -0.1) is 0 Å². The van der Waals surface area contributed by atoms with Gasteiger partial charge in [-0.1, -0.05) is 51.4 Å². The van der Waals surface area contributed by atoms with Crippen LogP contribution in [0.4, 0.5) is 0 Å². The van der Waals surface area contributed by atoms with E-state index in [1.807, 2.05) is 24.3 Å². The first-order valence-corrected chi connectivity index (χ1v) is 8.30. The van der Waals surface area contributed by atoms with Crippen molar-refractivity contribution in [1.82, 2.24) is 0 Å². The number of halogens is 1. The van der Waals surface area contributed by atoms with Crippen molar-refractivity contribution < 1.29 is 5.11 Å². The van der Waals surface area contributed by atoms with E-state index in [-0.39, 0.29) is 6.61 Å². The topological polar surface area (TPSA) is 20.2 Å². The Bertz CT molecular complexity index is 270. The van der Waals surface area contributed by atoms with Gasteiger partial charge in [0.15, 0.2) is 0 Å². The van der Waals surface area contributed by atoms with E-state index in [2.05, 4.69) is 0 Å². The maximum Gasteiger partial charge on any atom is 0.0530 e. The van der Waals surface area contributed by atoms with Crippen LogP contribution in [0, 0.1) is 0 Å². The highest BCUT2D eigenvalue weighted by atomic mass is 35.5. The minimum absolute atomic E-state index is 0.240. The van der Waals surface area contributed by atoms with Gasteiger partial charge in [0.05, 0.1) is 6.61 Å². The van der Waals surface area contributed by atoms with Gasteiger partial charge in [0.2, 0.25) is 0 Å². The predicted octanol–water partition coefficient (Wildman–Crippen LogP) is 3.86. The zero-order valence-corrected chi connectivity index (χ0v) is 10.7. The molecule has 0 aliphatic rings. The molecule has 0 unspecified atom stereocenters. The molecule has 78 valence electrons. The Balaban J connectivity index is 2.21. The number of hydrogen-bond acceptors (Lipinski definition) is 4. The fraction of sp³-hybridized carbons (Fsp3) is 0.333. The Morgan fingerprint density at radius 3 is 2.71 bits per heavy atom. The molecule has 5 heteroatoms. The zero-order valence-electron chi connectivity index (χ0n) is 7.48. The van der Waals surface area contributed by atoms with Crippen LogP contribution >= 0.6 is 43.0 Å². The van der Waals surface area contributed by atoms with Crippen molar-refractivity contribution in [3.05, 3.63) is 34.9 Å². The standard InChI is InChI=1S/C9H11ClOS3/c10-9-4-2-1-3-8(9)7-13-14-12-6-5-11/h1-4,11H,5-7H2. The molecule has 0 bridgehead atoms. The maximum atomic E-state index is 8.56. The Morgan fingerprint density at radius 2 is 2.00 bits per heavy atom. The molecule has 0 fully saturated rings.